The number of rotatable bonds is 9. The van der Waals surface area contributed by atoms with Crippen molar-refractivity contribution in [3.8, 4) is 16.2 Å². The van der Waals surface area contributed by atoms with Crippen molar-refractivity contribution in [1.82, 2.24) is 0 Å². The molecule has 0 aliphatic heterocycles. The van der Waals surface area contributed by atoms with Crippen LogP contribution in [0.5, 0.6) is 5.75 Å². The van der Waals surface area contributed by atoms with Gasteiger partial charge in [0.05, 0.1) is 17.7 Å². The van der Waals surface area contributed by atoms with E-state index in [-0.39, 0.29) is 28.5 Å². The molecule has 12 heteroatoms. The fourth-order valence-corrected chi connectivity index (χ4v) is 4.21. The van der Waals surface area contributed by atoms with Crippen molar-refractivity contribution in [2.75, 3.05) is 18.5 Å². The molecule has 34 heavy (non-hydrogen) atoms. The van der Waals surface area contributed by atoms with Crippen LogP contribution >= 0.6 is 11.3 Å². The lowest BCUT2D eigenvalue weighted by molar-refractivity contribution is -0.119. The molecule has 0 bridgehead atoms. The van der Waals surface area contributed by atoms with Gasteiger partial charge in [0.15, 0.2) is 6.61 Å². The maximum atomic E-state index is 12.4. The standard InChI is InChI=1S/C22H20N2O8S2/c1-2-30-22(27)17-12-18(14-7-4-3-5-8-14)33-20(17)24-19(25)13-31-21(26)15-9-6-10-16(11-15)32-34(23,28)29/h3-12H,2,13H2,1H3,(H,24,25)(H2,23,28,29). The van der Waals surface area contributed by atoms with Gasteiger partial charge in [0.2, 0.25) is 0 Å². The zero-order valence-corrected chi connectivity index (χ0v) is 19.5. The Labute approximate surface area is 199 Å². The van der Waals surface area contributed by atoms with Crippen LogP contribution in [-0.2, 0) is 24.6 Å². The molecule has 0 saturated heterocycles. The molecule has 0 unspecified atom stereocenters. The van der Waals surface area contributed by atoms with Crippen molar-refractivity contribution in [2.45, 2.75) is 6.92 Å². The van der Waals surface area contributed by atoms with E-state index < -0.39 is 34.8 Å². The number of carbonyl (C=O) groups excluding carboxylic acids is 3. The van der Waals surface area contributed by atoms with Crippen LogP contribution < -0.4 is 14.6 Å². The van der Waals surface area contributed by atoms with Crippen molar-refractivity contribution in [3.05, 3.63) is 71.8 Å². The number of amides is 1. The van der Waals surface area contributed by atoms with Gasteiger partial charge in [0, 0.05) is 4.88 Å². The molecule has 0 fully saturated rings. The molecule has 2 aromatic carbocycles. The summed E-state index contributed by atoms with van der Waals surface area (Å²) in [6.45, 7) is 1.18. The van der Waals surface area contributed by atoms with Gasteiger partial charge in [-0.3, -0.25) is 4.79 Å². The zero-order chi connectivity index (χ0) is 24.7. The largest absolute Gasteiger partial charge is 0.462 e. The van der Waals surface area contributed by atoms with Crippen molar-refractivity contribution < 1.29 is 36.5 Å². The minimum atomic E-state index is -4.27. The van der Waals surface area contributed by atoms with Crippen LogP contribution in [0.1, 0.15) is 27.6 Å². The highest BCUT2D eigenvalue weighted by Gasteiger charge is 2.21. The van der Waals surface area contributed by atoms with Crippen LogP contribution in [-0.4, -0.2) is 39.5 Å². The van der Waals surface area contributed by atoms with Crippen LogP contribution in [0.4, 0.5) is 5.00 Å². The Bertz CT molecular complexity index is 1300. The van der Waals surface area contributed by atoms with Gasteiger partial charge >= 0.3 is 22.2 Å². The quantitative estimate of drug-likeness (QED) is 0.422. The second-order valence-corrected chi connectivity index (χ2v) is 8.87. The summed E-state index contributed by atoms with van der Waals surface area (Å²) >= 11 is 1.17. The van der Waals surface area contributed by atoms with Crippen molar-refractivity contribution in [1.29, 1.82) is 0 Å². The van der Waals surface area contributed by atoms with Gasteiger partial charge in [-0.05, 0) is 36.8 Å². The number of thiophene rings is 1. The Hall–Kier alpha value is -3.74. The molecule has 178 valence electrons. The van der Waals surface area contributed by atoms with Crippen LogP contribution in [0.2, 0.25) is 0 Å². The molecular weight excluding hydrogens is 484 g/mol. The number of nitrogens with one attached hydrogen (secondary N) is 1. The van der Waals surface area contributed by atoms with E-state index in [0.717, 1.165) is 16.5 Å². The minimum absolute atomic E-state index is 0.0522. The average Bonchev–Trinajstić information content (AvgIpc) is 3.21. The van der Waals surface area contributed by atoms with Gasteiger partial charge in [-0.25, -0.2) is 9.59 Å². The summed E-state index contributed by atoms with van der Waals surface area (Å²) in [5, 5.41) is 7.63. The number of benzene rings is 2. The van der Waals surface area contributed by atoms with Gasteiger partial charge in [0.1, 0.15) is 10.8 Å². The average molecular weight is 505 g/mol. The summed E-state index contributed by atoms with van der Waals surface area (Å²) in [7, 11) is -4.27. The highest BCUT2D eigenvalue weighted by atomic mass is 32.2. The van der Waals surface area contributed by atoms with E-state index in [0.29, 0.717) is 0 Å². The lowest BCUT2D eigenvalue weighted by Gasteiger charge is -2.08. The summed E-state index contributed by atoms with van der Waals surface area (Å²) in [5.74, 6) is -2.36. The lowest BCUT2D eigenvalue weighted by Crippen LogP contribution is -2.22. The van der Waals surface area contributed by atoms with E-state index in [4.69, 9.17) is 14.6 Å². The molecule has 10 nitrogen and oxygen atoms in total. The minimum Gasteiger partial charge on any atom is -0.462 e. The molecule has 0 spiro atoms. The summed E-state index contributed by atoms with van der Waals surface area (Å²) in [4.78, 5) is 37.8. The number of hydrogen-bond acceptors (Lipinski definition) is 9. The van der Waals surface area contributed by atoms with Crippen molar-refractivity contribution >= 4 is 44.5 Å². The fourth-order valence-electron chi connectivity index (χ4n) is 2.78. The number of anilines is 1. The first-order valence-corrected chi connectivity index (χ1v) is 12.1. The Morgan fingerprint density at radius 1 is 0.971 bits per heavy atom. The van der Waals surface area contributed by atoms with Crippen molar-refractivity contribution in [2.24, 2.45) is 5.14 Å². The SMILES string of the molecule is CCOC(=O)c1cc(-c2ccccc2)sc1NC(=O)COC(=O)c1cccc(OS(N)(=O)=O)c1. The Morgan fingerprint density at radius 3 is 2.38 bits per heavy atom. The van der Waals surface area contributed by atoms with Gasteiger partial charge in [-0.2, -0.15) is 13.6 Å². The van der Waals surface area contributed by atoms with Crippen LogP contribution in [0.25, 0.3) is 10.4 Å². The fraction of sp³-hybridized carbons (Fsp3) is 0.136. The highest BCUT2D eigenvalue weighted by molar-refractivity contribution is 7.84. The summed E-state index contributed by atoms with van der Waals surface area (Å²) in [6.07, 6.45) is 0. The molecule has 1 amide bonds. The Balaban J connectivity index is 1.69. The summed E-state index contributed by atoms with van der Waals surface area (Å²) in [5.41, 5.74) is 0.980. The zero-order valence-electron chi connectivity index (χ0n) is 17.8. The van der Waals surface area contributed by atoms with E-state index >= 15 is 0 Å². The smallest absolute Gasteiger partial charge is 0.380 e. The number of hydrogen-bond donors (Lipinski definition) is 2. The highest BCUT2D eigenvalue weighted by Crippen LogP contribution is 2.36. The maximum Gasteiger partial charge on any atom is 0.380 e. The molecule has 1 heterocycles. The first-order valence-electron chi connectivity index (χ1n) is 9.82. The molecule has 0 saturated carbocycles. The summed E-state index contributed by atoms with van der Waals surface area (Å²) in [6, 6.07) is 16.0. The second kappa shape index (κ2) is 10.9. The second-order valence-electron chi connectivity index (χ2n) is 6.67. The normalized spacial score (nSPS) is 10.9. The van der Waals surface area contributed by atoms with E-state index in [1.165, 1.54) is 29.5 Å². The molecule has 0 aliphatic carbocycles. The third-order valence-electron chi connectivity index (χ3n) is 4.16. The number of carbonyl (C=O) groups is 3. The van der Waals surface area contributed by atoms with Gasteiger partial charge in [-0.1, -0.05) is 36.4 Å². The van der Waals surface area contributed by atoms with Crippen molar-refractivity contribution in [3.63, 3.8) is 0 Å². The molecule has 1 aromatic heterocycles. The number of ether oxygens (including phenoxy) is 2. The molecule has 3 N–H and O–H groups in total. The lowest BCUT2D eigenvalue weighted by atomic mass is 10.1. The van der Waals surface area contributed by atoms with E-state index in [1.54, 1.807) is 13.0 Å². The summed E-state index contributed by atoms with van der Waals surface area (Å²) < 4.78 is 36.6. The Morgan fingerprint density at radius 2 is 1.71 bits per heavy atom. The first-order chi connectivity index (χ1) is 16.2. The molecule has 0 aliphatic rings. The molecule has 3 rings (SSSR count). The van der Waals surface area contributed by atoms with Crippen LogP contribution in [0.15, 0.2) is 60.7 Å². The van der Waals surface area contributed by atoms with Crippen LogP contribution in [0, 0.1) is 0 Å². The first kappa shape index (κ1) is 24.9. The van der Waals surface area contributed by atoms with E-state index in [9.17, 15) is 22.8 Å². The van der Waals surface area contributed by atoms with Gasteiger partial charge < -0.3 is 19.0 Å². The van der Waals surface area contributed by atoms with E-state index in [2.05, 4.69) is 9.50 Å². The molecule has 3 aromatic rings. The van der Waals surface area contributed by atoms with E-state index in [1.807, 2.05) is 30.3 Å². The number of nitrogens with two attached hydrogens (primary N) is 1. The molecule has 0 atom stereocenters. The van der Waals surface area contributed by atoms with Gasteiger partial charge in [-0.15, -0.1) is 11.3 Å². The van der Waals surface area contributed by atoms with Gasteiger partial charge in [0.25, 0.3) is 5.91 Å². The Kier molecular flexibility index (Phi) is 7.99. The monoisotopic (exact) mass is 504 g/mol. The number of esters is 2. The maximum absolute atomic E-state index is 12.4. The van der Waals surface area contributed by atoms with Crippen LogP contribution in [0.3, 0.4) is 0 Å². The predicted molar refractivity (Wildman–Crippen MR) is 125 cm³/mol. The third-order valence-corrected chi connectivity index (χ3v) is 5.68. The predicted octanol–water partition coefficient (Wildman–Crippen LogP) is 2.97. The topological polar surface area (TPSA) is 151 Å². The third kappa shape index (κ3) is 6.88. The molecular formula is C22H20N2O8S2. The molecule has 0 radical (unpaired) electrons.